The third kappa shape index (κ3) is 3.34. The van der Waals surface area contributed by atoms with Gasteiger partial charge in [0.15, 0.2) is 5.76 Å². The SMILES string of the molecule is CC1=C(Cl)C(=O)N(c2noc(C(C)(C)C)c2C#N)C1OC(=O)C(C)(C)C. The molecule has 2 heterocycles. The number of hydrogen-bond donors (Lipinski definition) is 0. The van der Waals surface area contributed by atoms with Crippen LogP contribution in [0, 0.1) is 16.7 Å². The Morgan fingerprint density at radius 3 is 2.35 bits per heavy atom. The number of carbonyl (C=O) groups excluding carboxylic acids is 2. The Labute approximate surface area is 157 Å². The summed E-state index contributed by atoms with van der Waals surface area (Å²) in [4.78, 5) is 26.1. The molecule has 7 nitrogen and oxygen atoms in total. The molecule has 0 bridgehead atoms. The fraction of sp³-hybridized carbons (Fsp3) is 0.556. The Balaban J connectivity index is 2.54. The van der Waals surface area contributed by atoms with Gasteiger partial charge in [-0.25, -0.2) is 4.90 Å². The van der Waals surface area contributed by atoms with Gasteiger partial charge in [0, 0.05) is 11.0 Å². The first kappa shape index (κ1) is 20.0. The molecule has 1 aliphatic rings. The largest absolute Gasteiger partial charge is 0.437 e. The average molecular weight is 380 g/mol. The molecule has 1 amide bonds. The molecule has 0 radical (unpaired) electrons. The number of halogens is 1. The molecule has 0 fully saturated rings. The van der Waals surface area contributed by atoms with Crippen LogP contribution in [0.5, 0.6) is 0 Å². The molecule has 0 N–H and O–H groups in total. The predicted molar refractivity (Wildman–Crippen MR) is 95.3 cm³/mol. The third-order valence-electron chi connectivity index (χ3n) is 3.88. The van der Waals surface area contributed by atoms with E-state index in [0.717, 1.165) is 4.90 Å². The number of anilines is 1. The summed E-state index contributed by atoms with van der Waals surface area (Å²) in [7, 11) is 0. The van der Waals surface area contributed by atoms with Crippen molar-refractivity contribution in [1.29, 1.82) is 5.26 Å². The van der Waals surface area contributed by atoms with Crippen LogP contribution in [0.2, 0.25) is 0 Å². The van der Waals surface area contributed by atoms with Gasteiger partial charge in [0.05, 0.1) is 5.41 Å². The van der Waals surface area contributed by atoms with E-state index in [1.165, 1.54) is 0 Å². The van der Waals surface area contributed by atoms with Crippen molar-refractivity contribution in [3.05, 3.63) is 21.9 Å². The van der Waals surface area contributed by atoms with E-state index in [9.17, 15) is 14.9 Å². The highest BCUT2D eigenvalue weighted by molar-refractivity contribution is 6.45. The van der Waals surface area contributed by atoms with E-state index < -0.39 is 28.9 Å². The van der Waals surface area contributed by atoms with Crippen molar-refractivity contribution in [1.82, 2.24) is 5.16 Å². The summed E-state index contributed by atoms with van der Waals surface area (Å²) in [5.41, 5.74) is -0.786. The number of nitriles is 1. The number of aromatic nitrogens is 1. The number of carbonyl (C=O) groups is 2. The fourth-order valence-corrected chi connectivity index (χ4v) is 2.55. The first-order valence-electron chi connectivity index (χ1n) is 8.12. The van der Waals surface area contributed by atoms with Gasteiger partial charge >= 0.3 is 5.97 Å². The molecule has 8 heteroatoms. The van der Waals surface area contributed by atoms with Crippen molar-refractivity contribution < 1.29 is 18.8 Å². The zero-order chi connectivity index (χ0) is 20.0. The summed E-state index contributed by atoms with van der Waals surface area (Å²) in [5.74, 6) is -0.779. The van der Waals surface area contributed by atoms with Crippen molar-refractivity contribution >= 4 is 29.3 Å². The lowest BCUT2D eigenvalue weighted by molar-refractivity contribution is -0.156. The first-order chi connectivity index (χ1) is 11.8. The highest BCUT2D eigenvalue weighted by Crippen LogP contribution is 2.38. The molecule has 140 valence electrons. The zero-order valence-corrected chi connectivity index (χ0v) is 16.7. The maximum absolute atomic E-state index is 12.6. The Morgan fingerprint density at radius 1 is 1.31 bits per heavy atom. The summed E-state index contributed by atoms with van der Waals surface area (Å²) in [6.45, 7) is 12.3. The lowest BCUT2D eigenvalue weighted by Gasteiger charge is -2.27. The maximum atomic E-state index is 12.6. The summed E-state index contributed by atoms with van der Waals surface area (Å²) < 4.78 is 10.9. The van der Waals surface area contributed by atoms with E-state index in [2.05, 4.69) is 5.16 Å². The maximum Gasteiger partial charge on any atom is 0.313 e. The lowest BCUT2D eigenvalue weighted by atomic mass is 9.90. The molecule has 26 heavy (non-hydrogen) atoms. The van der Waals surface area contributed by atoms with E-state index in [-0.39, 0.29) is 16.4 Å². The second-order valence-corrected chi connectivity index (χ2v) is 8.63. The minimum Gasteiger partial charge on any atom is -0.437 e. The molecule has 0 aromatic carbocycles. The van der Waals surface area contributed by atoms with Gasteiger partial charge in [0.2, 0.25) is 12.0 Å². The Bertz CT molecular complexity index is 834. The Kier molecular flexibility index (Phi) is 4.95. The molecule has 1 aromatic rings. The summed E-state index contributed by atoms with van der Waals surface area (Å²) in [5, 5.41) is 13.4. The van der Waals surface area contributed by atoms with Gasteiger partial charge in [0.25, 0.3) is 5.91 Å². The quantitative estimate of drug-likeness (QED) is 0.728. The zero-order valence-electron chi connectivity index (χ0n) is 15.9. The molecule has 1 aliphatic heterocycles. The minimum absolute atomic E-state index is 0.0101. The molecule has 2 rings (SSSR count). The number of amides is 1. The van der Waals surface area contributed by atoms with Crippen molar-refractivity contribution in [3.8, 4) is 6.07 Å². The Morgan fingerprint density at radius 2 is 1.88 bits per heavy atom. The fourth-order valence-electron chi connectivity index (χ4n) is 2.37. The molecular weight excluding hydrogens is 358 g/mol. The van der Waals surface area contributed by atoms with Gasteiger partial charge < -0.3 is 9.26 Å². The van der Waals surface area contributed by atoms with E-state index in [0.29, 0.717) is 11.3 Å². The van der Waals surface area contributed by atoms with Crippen molar-refractivity contribution in [2.45, 2.75) is 60.1 Å². The van der Waals surface area contributed by atoms with Gasteiger partial charge in [-0.15, -0.1) is 0 Å². The molecular formula is C18H22ClN3O4. The van der Waals surface area contributed by atoms with Crippen LogP contribution in [-0.4, -0.2) is 23.3 Å². The van der Waals surface area contributed by atoms with Crippen LogP contribution >= 0.6 is 11.6 Å². The monoisotopic (exact) mass is 379 g/mol. The molecule has 1 atom stereocenters. The van der Waals surface area contributed by atoms with Gasteiger partial charge in [0.1, 0.15) is 16.7 Å². The molecule has 1 unspecified atom stereocenters. The summed E-state index contributed by atoms with van der Waals surface area (Å²) in [6.07, 6.45) is -1.08. The van der Waals surface area contributed by atoms with Gasteiger partial charge in [-0.1, -0.05) is 37.5 Å². The molecule has 0 saturated carbocycles. The predicted octanol–water partition coefficient (Wildman–Crippen LogP) is 3.62. The molecule has 0 spiro atoms. The van der Waals surface area contributed by atoms with Gasteiger partial charge in [-0.2, -0.15) is 5.26 Å². The van der Waals surface area contributed by atoms with E-state index in [1.807, 2.05) is 26.8 Å². The van der Waals surface area contributed by atoms with E-state index in [1.54, 1.807) is 27.7 Å². The van der Waals surface area contributed by atoms with Crippen LogP contribution in [0.15, 0.2) is 15.1 Å². The third-order valence-corrected chi connectivity index (χ3v) is 4.34. The minimum atomic E-state index is -1.08. The number of rotatable bonds is 2. The first-order valence-corrected chi connectivity index (χ1v) is 8.49. The summed E-state index contributed by atoms with van der Waals surface area (Å²) >= 11 is 6.10. The Hall–Kier alpha value is -2.33. The highest BCUT2D eigenvalue weighted by Gasteiger charge is 2.45. The van der Waals surface area contributed by atoms with E-state index >= 15 is 0 Å². The second kappa shape index (κ2) is 6.44. The summed E-state index contributed by atoms with van der Waals surface area (Å²) in [6, 6.07) is 2.03. The van der Waals surface area contributed by atoms with Crippen molar-refractivity contribution in [2.75, 3.05) is 4.90 Å². The van der Waals surface area contributed by atoms with Gasteiger partial charge in [-0.05, 0) is 27.7 Å². The molecule has 1 aromatic heterocycles. The topological polar surface area (TPSA) is 96.4 Å². The number of ether oxygens (including phenoxy) is 1. The van der Waals surface area contributed by atoms with E-state index in [4.69, 9.17) is 20.9 Å². The van der Waals surface area contributed by atoms with Crippen LogP contribution < -0.4 is 4.90 Å². The molecule has 0 saturated heterocycles. The number of esters is 1. The smallest absolute Gasteiger partial charge is 0.313 e. The van der Waals surface area contributed by atoms with Crippen LogP contribution in [-0.2, 0) is 19.7 Å². The average Bonchev–Trinajstić information content (AvgIpc) is 3.02. The van der Waals surface area contributed by atoms with Crippen LogP contribution in [0.25, 0.3) is 0 Å². The van der Waals surface area contributed by atoms with Crippen molar-refractivity contribution in [2.24, 2.45) is 5.41 Å². The second-order valence-electron chi connectivity index (χ2n) is 8.25. The van der Waals surface area contributed by atoms with Crippen LogP contribution in [0.4, 0.5) is 5.82 Å². The van der Waals surface area contributed by atoms with Crippen LogP contribution in [0.3, 0.4) is 0 Å². The number of hydrogen-bond acceptors (Lipinski definition) is 6. The molecule has 0 aliphatic carbocycles. The highest BCUT2D eigenvalue weighted by atomic mass is 35.5. The number of nitrogens with zero attached hydrogens (tertiary/aromatic N) is 3. The van der Waals surface area contributed by atoms with Gasteiger partial charge in [-0.3, -0.25) is 9.59 Å². The van der Waals surface area contributed by atoms with Crippen LogP contribution in [0.1, 0.15) is 59.8 Å². The normalized spacial score (nSPS) is 18.3. The standard InChI is InChI=1S/C18H22ClN3O4/c1-9-11(19)14(23)22(15(9)25-16(24)18(5,6)7)13-10(8-20)12(26-21-13)17(2,3)4/h15H,1-7H3. The van der Waals surface area contributed by atoms with Crippen molar-refractivity contribution in [3.63, 3.8) is 0 Å². The lowest BCUT2D eigenvalue weighted by Crippen LogP contribution is -2.41.